The molecule has 1 heterocycles. The fourth-order valence-corrected chi connectivity index (χ4v) is 1.91. The van der Waals surface area contributed by atoms with E-state index in [-0.39, 0.29) is 11.9 Å². The minimum absolute atomic E-state index is 0.146. The summed E-state index contributed by atoms with van der Waals surface area (Å²) in [4.78, 5) is 12.3. The van der Waals surface area contributed by atoms with Gasteiger partial charge in [-0.3, -0.25) is 4.79 Å². The van der Waals surface area contributed by atoms with Crippen LogP contribution in [0, 0.1) is 0 Å². The molecule has 0 saturated carbocycles. The largest absolute Gasteiger partial charge is 0.387 e. The Balaban J connectivity index is 2.23. The van der Waals surface area contributed by atoms with Crippen LogP contribution in [0.15, 0.2) is 36.5 Å². The van der Waals surface area contributed by atoms with Crippen molar-refractivity contribution >= 4 is 17.4 Å². The first kappa shape index (κ1) is 13.1. The van der Waals surface area contributed by atoms with Gasteiger partial charge in [0.25, 0.3) is 5.91 Å². The first-order valence-corrected chi connectivity index (χ1v) is 6.25. The highest BCUT2D eigenvalue weighted by atomic mass is 16.1. The maximum atomic E-state index is 12.3. The fourth-order valence-electron chi connectivity index (χ4n) is 1.91. The number of rotatable bonds is 4. The maximum absolute atomic E-state index is 12.3. The van der Waals surface area contributed by atoms with Crippen LogP contribution in [0.5, 0.6) is 0 Å². The van der Waals surface area contributed by atoms with Crippen LogP contribution in [0.1, 0.15) is 30.2 Å². The quantitative estimate of drug-likeness (QED) is 0.886. The van der Waals surface area contributed by atoms with Crippen molar-refractivity contribution in [3.63, 3.8) is 0 Å². The number of nitrogens with one attached hydrogen (secondary N) is 2. The van der Waals surface area contributed by atoms with Crippen molar-refractivity contribution in [1.29, 1.82) is 0 Å². The molecule has 0 aliphatic rings. The minimum atomic E-state index is -0.146. The molecule has 100 valence electrons. The summed E-state index contributed by atoms with van der Waals surface area (Å²) in [5.74, 6) is 0.554. The molecule has 0 bridgehead atoms. The number of hydrogen-bond donors (Lipinski definition) is 2. The molecule has 0 aliphatic carbocycles. The van der Waals surface area contributed by atoms with Crippen LogP contribution in [0.2, 0.25) is 0 Å². The predicted molar refractivity (Wildman–Crippen MR) is 76.6 cm³/mol. The van der Waals surface area contributed by atoms with Crippen molar-refractivity contribution < 1.29 is 4.79 Å². The van der Waals surface area contributed by atoms with E-state index in [1.807, 2.05) is 32.0 Å². The first-order valence-electron chi connectivity index (χ1n) is 6.25. The number of benzene rings is 1. The van der Waals surface area contributed by atoms with Gasteiger partial charge in [0.1, 0.15) is 5.82 Å². The lowest BCUT2D eigenvalue weighted by atomic mass is 10.1. The summed E-state index contributed by atoms with van der Waals surface area (Å²) in [5, 5.41) is 10.1. The van der Waals surface area contributed by atoms with E-state index in [9.17, 15) is 4.79 Å². The van der Waals surface area contributed by atoms with Crippen LogP contribution in [0.4, 0.5) is 11.5 Å². The molecule has 5 nitrogen and oxygen atoms in total. The predicted octanol–water partition coefficient (Wildman–Crippen LogP) is 2.76. The highest BCUT2D eigenvalue weighted by Gasteiger charge is 2.13. The lowest BCUT2D eigenvalue weighted by Gasteiger charge is -2.13. The molecule has 1 amide bonds. The van der Waals surface area contributed by atoms with Gasteiger partial charge >= 0.3 is 0 Å². The number of hydrogen-bond acceptors (Lipinski definition) is 3. The Labute approximate surface area is 112 Å². The molecule has 0 saturated heterocycles. The molecule has 2 rings (SSSR count). The third-order valence-electron chi connectivity index (χ3n) is 2.84. The highest BCUT2D eigenvalue weighted by molar-refractivity contribution is 6.07. The van der Waals surface area contributed by atoms with Gasteiger partial charge in [-0.15, -0.1) is 0 Å². The second kappa shape index (κ2) is 5.56. The van der Waals surface area contributed by atoms with Gasteiger partial charge in [-0.05, 0) is 26.0 Å². The second-order valence-corrected chi connectivity index (χ2v) is 4.50. The van der Waals surface area contributed by atoms with Crippen LogP contribution in [-0.2, 0) is 0 Å². The van der Waals surface area contributed by atoms with Crippen LogP contribution < -0.4 is 10.6 Å². The van der Waals surface area contributed by atoms with Crippen LogP contribution in [0.25, 0.3) is 0 Å². The van der Waals surface area contributed by atoms with Crippen molar-refractivity contribution in [2.45, 2.75) is 19.9 Å². The standard InChI is InChI=1S/C14H18N4O/c1-10(2)18-13(8-9-16-18)17-14(19)11-6-4-5-7-12(11)15-3/h4-10,15H,1-3H3,(H,17,19). The zero-order chi connectivity index (χ0) is 13.8. The Morgan fingerprint density at radius 1 is 1.26 bits per heavy atom. The van der Waals surface area contributed by atoms with E-state index in [1.165, 1.54) is 0 Å². The Hall–Kier alpha value is -2.30. The number of aromatic nitrogens is 2. The number of para-hydroxylation sites is 1. The zero-order valence-corrected chi connectivity index (χ0v) is 11.3. The second-order valence-electron chi connectivity index (χ2n) is 4.50. The fraction of sp³-hybridized carbons (Fsp3) is 0.286. The van der Waals surface area contributed by atoms with E-state index in [2.05, 4.69) is 15.7 Å². The van der Waals surface area contributed by atoms with Crippen LogP contribution >= 0.6 is 0 Å². The van der Waals surface area contributed by atoms with Gasteiger partial charge in [0.15, 0.2) is 0 Å². The van der Waals surface area contributed by atoms with Gasteiger partial charge in [-0.2, -0.15) is 5.10 Å². The van der Waals surface area contributed by atoms with Gasteiger partial charge in [-0.25, -0.2) is 4.68 Å². The molecule has 0 atom stereocenters. The zero-order valence-electron chi connectivity index (χ0n) is 11.3. The van der Waals surface area contributed by atoms with E-state index < -0.39 is 0 Å². The molecule has 1 aromatic heterocycles. The van der Waals surface area contributed by atoms with Crippen LogP contribution in [-0.4, -0.2) is 22.7 Å². The SMILES string of the molecule is CNc1ccccc1C(=O)Nc1ccnn1C(C)C. The first-order chi connectivity index (χ1) is 9.13. The highest BCUT2D eigenvalue weighted by Crippen LogP contribution is 2.18. The number of carbonyl (C=O) groups excluding carboxylic acids is 1. The monoisotopic (exact) mass is 258 g/mol. The van der Waals surface area contributed by atoms with Gasteiger partial charge in [0.2, 0.25) is 0 Å². The normalized spacial score (nSPS) is 10.5. The van der Waals surface area contributed by atoms with E-state index in [0.717, 1.165) is 5.69 Å². The van der Waals surface area contributed by atoms with E-state index in [4.69, 9.17) is 0 Å². The molecule has 0 aliphatic heterocycles. The summed E-state index contributed by atoms with van der Waals surface area (Å²) in [6.45, 7) is 4.04. The summed E-state index contributed by atoms with van der Waals surface area (Å²) in [7, 11) is 1.80. The van der Waals surface area contributed by atoms with Crippen molar-refractivity contribution in [2.24, 2.45) is 0 Å². The van der Waals surface area contributed by atoms with E-state index >= 15 is 0 Å². The van der Waals surface area contributed by atoms with E-state index in [0.29, 0.717) is 11.4 Å². The van der Waals surface area contributed by atoms with Gasteiger partial charge in [0.05, 0.1) is 11.8 Å². The summed E-state index contributed by atoms with van der Waals surface area (Å²) >= 11 is 0. The molecular formula is C14H18N4O. The third-order valence-corrected chi connectivity index (χ3v) is 2.84. The number of amides is 1. The van der Waals surface area contributed by atoms with Crippen molar-refractivity contribution in [2.75, 3.05) is 17.7 Å². The number of carbonyl (C=O) groups is 1. The number of nitrogens with zero attached hydrogens (tertiary/aromatic N) is 2. The van der Waals surface area contributed by atoms with Gasteiger partial charge in [0, 0.05) is 24.8 Å². The molecule has 0 unspecified atom stereocenters. The summed E-state index contributed by atoms with van der Waals surface area (Å²) in [6.07, 6.45) is 1.68. The van der Waals surface area contributed by atoms with Crippen molar-refractivity contribution in [3.8, 4) is 0 Å². The van der Waals surface area contributed by atoms with Gasteiger partial charge in [-0.1, -0.05) is 12.1 Å². The molecule has 2 N–H and O–H groups in total. The maximum Gasteiger partial charge on any atom is 0.258 e. The van der Waals surface area contributed by atoms with E-state index in [1.54, 1.807) is 30.1 Å². The molecule has 1 aromatic carbocycles. The lowest BCUT2D eigenvalue weighted by molar-refractivity contribution is 0.102. The van der Waals surface area contributed by atoms with Gasteiger partial charge < -0.3 is 10.6 Å². The topological polar surface area (TPSA) is 59.0 Å². The Bertz CT molecular complexity index is 574. The molecule has 19 heavy (non-hydrogen) atoms. The minimum Gasteiger partial charge on any atom is -0.387 e. The third kappa shape index (κ3) is 2.76. The summed E-state index contributed by atoms with van der Waals surface area (Å²) < 4.78 is 1.78. The van der Waals surface area contributed by atoms with Crippen molar-refractivity contribution in [1.82, 2.24) is 9.78 Å². The smallest absolute Gasteiger partial charge is 0.258 e. The molecule has 0 spiro atoms. The average Bonchev–Trinajstić information content (AvgIpc) is 2.87. The molecule has 2 aromatic rings. The molecule has 0 fully saturated rings. The Kier molecular flexibility index (Phi) is 3.85. The average molecular weight is 258 g/mol. The summed E-state index contributed by atoms with van der Waals surface area (Å²) in [6, 6.07) is 9.38. The summed E-state index contributed by atoms with van der Waals surface area (Å²) in [5.41, 5.74) is 1.41. The lowest BCUT2D eigenvalue weighted by Crippen LogP contribution is -2.17. The molecule has 0 radical (unpaired) electrons. The molecular weight excluding hydrogens is 240 g/mol. The number of anilines is 2. The molecule has 5 heteroatoms. The van der Waals surface area contributed by atoms with Crippen molar-refractivity contribution in [3.05, 3.63) is 42.1 Å². The Morgan fingerprint density at radius 2 is 2.00 bits per heavy atom. The van der Waals surface area contributed by atoms with Crippen LogP contribution in [0.3, 0.4) is 0 Å². The Morgan fingerprint density at radius 3 is 2.68 bits per heavy atom.